The van der Waals surface area contributed by atoms with E-state index in [1.54, 1.807) is 12.3 Å². The number of nitrogens with two attached hydrogens (primary N) is 1. The van der Waals surface area contributed by atoms with Crippen molar-refractivity contribution in [1.29, 1.82) is 0 Å². The molecule has 2 rings (SSSR count). The third-order valence-corrected chi connectivity index (χ3v) is 3.49. The lowest BCUT2D eigenvalue weighted by Gasteiger charge is -2.08. The summed E-state index contributed by atoms with van der Waals surface area (Å²) in [4.78, 5) is 15.9. The fraction of sp³-hybridized carbons (Fsp3) is 0.143. The van der Waals surface area contributed by atoms with E-state index >= 15 is 0 Å². The van der Waals surface area contributed by atoms with Crippen molar-refractivity contribution in [3.8, 4) is 0 Å². The lowest BCUT2D eigenvalue weighted by Crippen LogP contribution is -2.13. The summed E-state index contributed by atoms with van der Waals surface area (Å²) in [6, 6.07) is 9.22. The Morgan fingerprint density at radius 3 is 2.90 bits per heavy atom. The molecule has 0 saturated heterocycles. The Kier molecular flexibility index (Phi) is 4.98. The number of halogens is 2. The molecule has 0 aliphatic rings. The third-order valence-electron chi connectivity index (χ3n) is 2.76. The molecule has 0 fully saturated rings. The second kappa shape index (κ2) is 6.72. The quantitative estimate of drug-likeness (QED) is 0.650. The van der Waals surface area contributed by atoms with Gasteiger partial charge in [0.1, 0.15) is 0 Å². The van der Waals surface area contributed by atoms with Crippen molar-refractivity contribution in [2.24, 2.45) is 0 Å². The molecule has 104 valence electrons. The highest BCUT2D eigenvalue weighted by Gasteiger charge is 2.08. The first-order chi connectivity index (χ1) is 9.56. The van der Waals surface area contributed by atoms with Gasteiger partial charge in [0.25, 0.3) is 0 Å². The maximum Gasteiger partial charge on any atom is 0.224 e. The number of para-hydroxylation sites is 1. The number of anilines is 2. The number of nitrogens with zero attached hydrogens (tertiary/aromatic N) is 1. The summed E-state index contributed by atoms with van der Waals surface area (Å²) in [7, 11) is 0. The van der Waals surface area contributed by atoms with Crippen LogP contribution in [0.15, 0.2) is 41.0 Å². The van der Waals surface area contributed by atoms with E-state index in [0.717, 1.165) is 10.0 Å². The van der Waals surface area contributed by atoms with Gasteiger partial charge in [-0.05, 0) is 40.0 Å². The maximum absolute atomic E-state index is 11.9. The number of pyridine rings is 1. The van der Waals surface area contributed by atoms with Gasteiger partial charge in [0.15, 0.2) is 5.15 Å². The average molecular weight is 355 g/mol. The van der Waals surface area contributed by atoms with Crippen molar-refractivity contribution < 1.29 is 4.79 Å². The number of carbonyl (C=O) groups excluding carboxylic acids is 1. The molecule has 1 aromatic carbocycles. The number of rotatable bonds is 4. The Hall–Kier alpha value is -1.59. The van der Waals surface area contributed by atoms with Crippen LogP contribution in [0.25, 0.3) is 0 Å². The lowest BCUT2D eigenvalue weighted by atomic mass is 10.1. The molecule has 0 atom stereocenters. The molecule has 4 nitrogen and oxygen atoms in total. The smallest absolute Gasteiger partial charge is 0.224 e. The van der Waals surface area contributed by atoms with Gasteiger partial charge in [-0.2, -0.15) is 0 Å². The van der Waals surface area contributed by atoms with Crippen LogP contribution in [0.2, 0.25) is 5.15 Å². The fourth-order valence-electron chi connectivity index (χ4n) is 1.73. The molecule has 0 aliphatic carbocycles. The number of hydrogen-bond donors (Lipinski definition) is 2. The normalized spacial score (nSPS) is 10.3. The average Bonchev–Trinajstić information content (AvgIpc) is 2.42. The van der Waals surface area contributed by atoms with Crippen LogP contribution in [0.4, 0.5) is 11.4 Å². The minimum absolute atomic E-state index is 0.130. The van der Waals surface area contributed by atoms with Gasteiger partial charge in [-0.15, -0.1) is 0 Å². The number of hydrogen-bond acceptors (Lipinski definition) is 3. The van der Waals surface area contributed by atoms with Gasteiger partial charge < -0.3 is 11.1 Å². The Morgan fingerprint density at radius 2 is 2.15 bits per heavy atom. The fourth-order valence-corrected chi connectivity index (χ4v) is 2.21. The zero-order chi connectivity index (χ0) is 14.5. The highest BCUT2D eigenvalue weighted by Crippen LogP contribution is 2.23. The summed E-state index contributed by atoms with van der Waals surface area (Å²) >= 11 is 9.20. The standard InChI is InChI=1S/C14H13BrClN3O/c15-10-7-12(14(16)18-8-10)19-13(20)6-5-9-3-1-2-4-11(9)17/h1-4,7-8H,5-6,17H2,(H,19,20). The minimum atomic E-state index is -0.130. The Bertz CT molecular complexity index is 634. The van der Waals surface area contributed by atoms with E-state index in [1.807, 2.05) is 24.3 Å². The Balaban J connectivity index is 1.96. The molecule has 1 heterocycles. The monoisotopic (exact) mass is 353 g/mol. The molecule has 1 aromatic heterocycles. The minimum Gasteiger partial charge on any atom is -0.399 e. The molecule has 0 unspecified atom stereocenters. The summed E-state index contributed by atoms with van der Waals surface area (Å²) in [6.07, 6.45) is 2.48. The van der Waals surface area contributed by atoms with Gasteiger partial charge in [-0.3, -0.25) is 4.79 Å². The molecule has 2 aromatic rings. The number of amides is 1. The van der Waals surface area contributed by atoms with E-state index in [4.69, 9.17) is 17.3 Å². The van der Waals surface area contributed by atoms with Gasteiger partial charge in [-0.25, -0.2) is 4.98 Å². The number of nitrogens with one attached hydrogen (secondary N) is 1. The van der Waals surface area contributed by atoms with Crippen LogP contribution in [-0.4, -0.2) is 10.9 Å². The van der Waals surface area contributed by atoms with E-state index in [1.165, 1.54) is 0 Å². The summed E-state index contributed by atoms with van der Waals surface area (Å²) in [5.74, 6) is -0.130. The SMILES string of the molecule is Nc1ccccc1CCC(=O)Nc1cc(Br)cnc1Cl. The third kappa shape index (κ3) is 3.95. The van der Waals surface area contributed by atoms with E-state index in [9.17, 15) is 4.79 Å². The summed E-state index contributed by atoms with van der Waals surface area (Å²) in [6.45, 7) is 0. The Labute approximate surface area is 130 Å². The van der Waals surface area contributed by atoms with E-state index < -0.39 is 0 Å². The van der Waals surface area contributed by atoms with Gasteiger partial charge >= 0.3 is 0 Å². The maximum atomic E-state index is 11.9. The van der Waals surface area contributed by atoms with Gasteiger partial charge in [0.2, 0.25) is 5.91 Å². The zero-order valence-electron chi connectivity index (χ0n) is 10.6. The number of aryl methyl sites for hydroxylation is 1. The largest absolute Gasteiger partial charge is 0.399 e. The van der Waals surface area contributed by atoms with Crippen LogP contribution >= 0.6 is 27.5 Å². The van der Waals surface area contributed by atoms with Crippen molar-refractivity contribution in [1.82, 2.24) is 4.98 Å². The molecular weight excluding hydrogens is 342 g/mol. The Morgan fingerprint density at radius 1 is 1.40 bits per heavy atom. The van der Waals surface area contributed by atoms with Crippen molar-refractivity contribution in [3.05, 3.63) is 51.7 Å². The first-order valence-corrected chi connectivity index (χ1v) is 7.17. The van der Waals surface area contributed by atoms with Gasteiger partial charge in [0, 0.05) is 22.8 Å². The van der Waals surface area contributed by atoms with Crippen molar-refractivity contribution in [2.75, 3.05) is 11.1 Å². The van der Waals surface area contributed by atoms with Crippen LogP contribution in [0.1, 0.15) is 12.0 Å². The molecule has 0 spiro atoms. The van der Waals surface area contributed by atoms with Crippen LogP contribution in [0, 0.1) is 0 Å². The van der Waals surface area contributed by atoms with E-state index in [2.05, 4.69) is 26.2 Å². The molecular formula is C14H13BrClN3O. The highest BCUT2D eigenvalue weighted by molar-refractivity contribution is 9.10. The summed E-state index contributed by atoms with van der Waals surface area (Å²) in [5, 5.41) is 3.00. The number of benzene rings is 1. The zero-order valence-corrected chi connectivity index (χ0v) is 12.9. The predicted molar refractivity (Wildman–Crippen MR) is 84.8 cm³/mol. The highest BCUT2D eigenvalue weighted by atomic mass is 79.9. The van der Waals surface area contributed by atoms with Crippen LogP contribution in [0.3, 0.4) is 0 Å². The van der Waals surface area contributed by atoms with Gasteiger partial charge in [0.05, 0.1) is 5.69 Å². The summed E-state index contributed by atoms with van der Waals surface area (Å²) in [5.41, 5.74) is 7.98. The second-order valence-electron chi connectivity index (χ2n) is 4.24. The molecule has 0 aliphatic heterocycles. The molecule has 0 bridgehead atoms. The van der Waals surface area contributed by atoms with Crippen LogP contribution < -0.4 is 11.1 Å². The topological polar surface area (TPSA) is 68.0 Å². The second-order valence-corrected chi connectivity index (χ2v) is 5.51. The molecule has 0 saturated carbocycles. The molecule has 1 amide bonds. The molecule has 3 N–H and O–H groups in total. The number of carbonyl (C=O) groups is 1. The van der Waals surface area contributed by atoms with E-state index in [-0.39, 0.29) is 11.1 Å². The van der Waals surface area contributed by atoms with Crippen molar-refractivity contribution in [3.63, 3.8) is 0 Å². The molecule has 20 heavy (non-hydrogen) atoms. The first-order valence-electron chi connectivity index (χ1n) is 6.00. The van der Waals surface area contributed by atoms with Crippen molar-refractivity contribution >= 4 is 44.8 Å². The number of aromatic nitrogens is 1. The number of nitrogen functional groups attached to an aromatic ring is 1. The van der Waals surface area contributed by atoms with Gasteiger partial charge in [-0.1, -0.05) is 29.8 Å². The van der Waals surface area contributed by atoms with E-state index in [0.29, 0.717) is 24.2 Å². The lowest BCUT2D eigenvalue weighted by molar-refractivity contribution is -0.116. The van der Waals surface area contributed by atoms with Crippen LogP contribution in [-0.2, 0) is 11.2 Å². The van der Waals surface area contributed by atoms with Crippen molar-refractivity contribution in [2.45, 2.75) is 12.8 Å². The first kappa shape index (κ1) is 14.8. The summed E-state index contributed by atoms with van der Waals surface area (Å²) < 4.78 is 0.754. The molecule has 0 radical (unpaired) electrons. The molecule has 6 heteroatoms. The predicted octanol–water partition coefficient (Wildman–Crippen LogP) is 3.65. The van der Waals surface area contributed by atoms with Crippen LogP contribution in [0.5, 0.6) is 0 Å².